The minimum absolute atomic E-state index is 0.298. The molecule has 0 bridgehead atoms. The molecule has 3 heterocycles. The number of carbonyl (C=O) groups excluding carboxylic acids is 1. The molecule has 3 aliphatic rings. The fourth-order valence-corrected chi connectivity index (χ4v) is 3.41. The van der Waals surface area contributed by atoms with Gasteiger partial charge in [0.05, 0.1) is 0 Å². The molecule has 0 aromatic carbocycles. The molecular weight excluding hydrogens is 214 g/mol. The van der Waals surface area contributed by atoms with Crippen LogP contribution in [0, 0.1) is 17.8 Å². The van der Waals surface area contributed by atoms with E-state index in [-0.39, 0.29) is 0 Å². The van der Waals surface area contributed by atoms with Gasteiger partial charge in [-0.15, -0.1) is 0 Å². The molecule has 3 fully saturated rings. The van der Waals surface area contributed by atoms with Gasteiger partial charge in [0, 0.05) is 39.3 Å². The molecule has 3 rings (SSSR count). The van der Waals surface area contributed by atoms with Crippen LogP contribution in [-0.2, 0) is 0 Å². The average molecular weight is 237 g/mol. The van der Waals surface area contributed by atoms with Gasteiger partial charge >= 0.3 is 6.03 Å². The van der Waals surface area contributed by atoms with Gasteiger partial charge in [0.1, 0.15) is 0 Å². The van der Waals surface area contributed by atoms with E-state index in [9.17, 15) is 4.79 Å². The minimum atomic E-state index is 0.298. The van der Waals surface area contributed by atoms with Crippen LogP contribution < -0.4 is 5.32 Å². The standard InChI is InChI=1S/C13H23N3O/c1-10-2-4-15(5-3-10)13(17)16-8-11-6-14-7-12(11)9-16/h10-12,14H,2-9H2,1H3. The van der Waals surface area contributed by atoms with Crippen molar-refractivity contribution in [2.45, 2.75) is 19.8 Å². The van der Waals surface area contributed by atoms with Crippen LogP contribution in [0.1, 0.15) is 19.8 Å². The quantitative estimate of drug-likeness (QED) is 0.682. The van der Waals surface area contributed by atoms with Crippen LogP contribution in [0.5, 0.6) is 0 Å². The van der Waals surface area contributed by atoms with Crippen LogP contribution in [-0.4, -0.2) is 55.1 Å². The Morgan fingerprint density at radius 1 is 1.06 bits per heavy atom. The van der Waals surface area contributed by atoms with Crippen LogP contribution in [0.3, 0.4) is 0 Å². The molecule has 0 spiro atoms. The van der Waals surface area contributed by atoms with E-state index in [0.29, 0.717) is 17.9 Å². The summed E-state index contributed by atoms with van der Waals surface area (Å²) < 4.78 is 0. The first-order valence-corrected chi connectivity index (χ1v) is 6.98. The molecule has 4 nitrogen and oxygen atoms in total. The number of nitrogens with one attached hydrogen (secondary N) is 1. The van der Waals surface area contributed by atoms with E-state index in [4.69, 9.17) is 0 Å². The van der Waals surface area contributed by atoms with E-state index in [0.717, 1.165) is 45.2 Å². The summed E-state index contributed by atoms with van der Waals surface area (Å²) >= 11 is 0. The van der Waals surface area contributed by atoms with Crippen LogP contribution >= 0.6 is 0 Å². The van der Waals surface area contributed by atoms with Crippen molar-refractivity contribution in [2.75, 3.05) is 39.3 Å². The molecule has 3 aliphatic heterocycles. The van der Waals surface area contributed by atoms with Crippen molar-refractivity contribution in [2.24, 2.45) is 17.8 Å². The lowest BCUT2D eigenvalue weighted by Gasteiger charge is -2.33. The maximum Gasteiger partial charge on any atom is 0.320 e. The summed E-state index contributed by atoms with van der Waals surface area (Å²) in [5.41, 5.74) is 0. The topological polar surface area (TPSA) is 35.6 Å². The van der Waals surface area contributed by atoms with Crippen molar-refractivity contribution < 1.29 is 4.79 Å². The van der Waals surface area contributed by atoms with Gasteiger partial charge in [-0.25, -0.2) is 4.79 Å². The second kappa shape index (κ2) is 4.48. The van der Waals surface area contributed by atoms with Crippen molar-refractivity contribution in [3.8, 4) is 0 Å². The zero-order valence-corrected chi connectivity index (χ0v) is 10.7. The molecule has 0 radical (unpaired) electrons. The molecule has 0 aliphatic carbocycles. The van der Waals surface area contributed by atoms with E-state index in [2.05, 4.69) is 22.0 Å². The first-order chi connectivity index (χ1) is 8.24. The predicted octanol–water partition coefficient (Wildman–Crippen LogP) is 0.990. The highest BCUT2D eigenvalue weighted by Gasteiger charge is 2.39. The third-order valence-corrected chi connectivity index (χ3v) is 4.71. The maximum absolute atomic E-state index is 12.4. The van der Waals surface area contributed by atoms with Crippen LogP contribution in [0.4, 0.5) is 4.79 Å². The van der Waals surface area contributed by atoms with E-state index >= 15 is 0 Å². The SMILES string of the molecule is CC1CCN(C(=O)N2CC3CNCC3C2)CC1. The lowest BCUT2D eigenvalue weighted by Crippen LogP contribution is -2.46. The van der Waals surface area contributed by atoms with Gasteiger partial charge in [0.15, 0.2) is 0 Å². The number of likely N-dealkylation sites (tertiary alicyclic amines) is 2. The van der Waals surface area contributed by atoms with Gasteiger partial charge in [0.2, 0.25) is 0 Å². The Morgan fingerprint density at radius 3 is 2.24 bits per heavy atom. The highest BCUT2D eigenvalue weighted by molar-refractivity contribution is 5.75. The second-order valence-electron chi connectivity index (χ2n) is 6.04. The number of piperidine rings is 1. The number of amides is 2. The van der Waals surface area contributed by atoms with Crippen molar-refractivity contribution in [1.82, 2.24) is 15.1 Å². The van der Waals surface area contributed by atoms with Gasteiger partial charge in [-0.1, -0.05) is 6.92 Å². The lowest BCUT2D eigenvalue weighted by atomic mass is 10.00. The Bertz CT molecular complexity index is 287. The Hall–Kier alpha value is -0.770. The first-order valence-electron chi connectivity index (χ1n) is 6.98. The summed E-state index contributed by atoms with van der Waals surface area (Å²) in [6, 6.07) is 0.298. The number of hydrogen-bond acceptors (Lipinski definition) is 2. The number of nitrogens with zero attached hydrogens (tertiary/aromatic N) is 2. The van der Waals surface area contributed by atoms with Gasteiger partial charge in [-0.05, 0) is 30.6 Å². The Labute approximate surface area is 103 Å². The third-order valence-electron chi connectivity index (χ3n) is 4.71. The van der Waals surface area contributed by atoms with Crippen LogP contribution in [0.2, 0.25) is 0 Å². The fourth-order valence-electron chi connectivity index (χ4n) is 3.41. The van der Waals surface area contributed by atoms with Gasteiger partial charge in [0.25, 0.3) is 0 Å². The van der Waals surface area contributed by atoms with Crippen LogP contribution in [0.25, 0.3) is 0 Å². The summed E-state index contributed by atoms with van der Waals surface area (Å²) in [4.78, 5) is 16.5. The normalized spacial score (nSPS) is 34.2. The Kier molecular flexibility index (Phi) is 2.99. The number of rotatable bonds is 0. The molecule has 2 amide bonds. The summed E-state index contributed by atoms with van der Waals surface area (Å²) in [6.07, 6.45) is 2.35. The maximum atomic E-state index is 12.4. The smallest absolute Gasteiger partial charge is 0.320 e. The largest absolute Gasteiger partial charge is 0.325 e. The molecule has 3 saturated heterocycles. The molecular formula is C13H23N3O. The highest BCUT2D eigenvalue weighted by Crippen LogP contribution is 2.28. The van der Waals surface area contributed by atoms with Gasteiger partial charge in [-0.2, -0.15) is 0 Å². The van der Waals surface area contributed by atoms with Crippen molar-refractivity contribution in [3.05, 3.63) is 0 Å². The molecule has 4 heteroatoms. The summed E-state index contributed by atoms with van der Waals surface area (Å²) in [5.74, 6) is 2.21. The average Bonchev–Trinajstić information content (AvgIpc) is 2.89. The lowest BCUT2D eigenvalue weighted by molar-refractivity contribution is 0.140. The summed E-state index contributed by atoms with van der Waals surface area (Å²) in [6.45, 7) is 8.37. The van der Waals surface area contributed by atoms with Crippen molar-refractivity contribution in [1.29, 1.82) is 0 Å². The van der Waals surface area contributed by atoms with E-state index in [1.165, 1.54) is 12.8 Å². The zero-order valence-electron chi connectivity index (χ0n) is 10.7. The molecule has 0 aromatic rings. The van der Waals surface area contributed by atoms with Gasteiger partial charge < -0.3 is 15.1 Å². The monoisotopic (exact) mass is 237 g/mol. The fraction of sp³-hybridized carbons (Fsp3) is 0.923. The Morgan fingerprint density at radius 2 is 1.65 bits per heavy atom. The predicted molar refractivity (Wildman–Crippen MR) is 66.8 cm³/mol. The zero-order chi connectivity index (χ0) is 11.8. The second-order valence-corrected chi connectivity index (χ2v) is 6.04. The third kappa shape index (κ3) is 2.15. The Balaban J connectivity index is 1.56. The molecule has 96 valence electrons. The number of fused-ring (bicyclic) bond motifs is 1. The van der Waals surface area contributed by atoms with Crippen LogP contribution in [0.15, 0.2) is 0 Å². The molecule has 17 heavy (non-hydrogen) atoms. The number of carbonyl (C=O) groups is 1. The molecule has 2 atom stereocenters. The summed E-state index contributed by atoms with van der Waals surface area (Å²) in [7, 11) is 0. The van der Waals surface area contributed by atoms with E-state index < -0.39 is 0 Å². The summed E-state index contributed by atoms with van der Waals surface area (Å²) in [5, 5.41) is 3.42. The molecule has 2 unspecified atom stereocenters. The number of hydrogen-bond donors (Lipinski definition) is 1. The number of urea groups is 1. The highest BCUT2D eigenvalue weighted by atomic mass is 16.2. The molecule has 1 N–H and O–H groups in total. The van der Waals surface area contributed by atoms with Crippen molar-refractivity contribution >= 4 is 6.03 Å². The van der Waals surface area contributed by atoms with E-state index in [1.54, 1.807) is 0 Å². The van der Waals surface area contributed by atoms with Gasteiger partial charge in [-0.3, -0.25) is 0 Å². The first kappa shape index (κ1) is 11.3. The molecule has 0 aromatic heterocycles. The van der Waals surface area contributed by atoms with Crippen molar-refractivity contribution in [3.63, 3.8) is 0 Å². The minimum Gasteiger partial charge on any atom is -0.325 e. The molecule has 0 saturated carbocycles. The van der Waals surface area contributed by atoms with E-state index in [1.807, 2.05) is 0 Å².